The molecule has 1 atom stereocenters. The van der Waals surface area contributed by atoms with E-state index < -0.39 is 10.1 Å². The van der Waals surface area contributed by atoms with Gasteiger partial charge in [-0.1, -0.05) is 35.9 Å². The lowest BCUT2D eigenvalue weighted by atomic mass is 10.0. The predicted octanol–water partition coefficient (Wildman–Crippen LogP) is 3.48. The van der Waals surface area contributed by atoms with Crippen molar-refractivity contribution in [2.45, 2.75) is 37.2 Å². The fourth-order valence-electron chi connectivity index (χ4n) is 2.65. The molecule has 5 heteroatoms. The zero-order valence-corrected chi connectivity index (χ0v) is 13.9. The summed E-state index contributed by atoms with van der Waals surface area (Å²) in [6, 6.07) is 14.6. The lowest BCUT2D eigenvalue weighted by Crippen LogP contribution is -2.24. The Morgan fingerprint density at radius 3 is 2.65 bits per heavy atom. The van der Waals surface area contributed by atoms with Crippen LogP contribution in [0.15, 0.2) is 53.4 Å². The van der Waals surface area contributed by atoms with E-state index in [1.807, 2.05) is 25.1 Å². The van der Waals surface area contributed by atoms with E-state index in [1.54, 1.807) is 24.3 Å². The molecule has 0 radical (unpaired) electrons. The average Bonchev–Trinajstić information content (AvgIpc) is 2.55. The molecule has 2 aromatic carbocycles. The first-order chi connectivity index (χ1) is 11.0. The zero-order chi connectivity index (χ0) is 16.3. The molecule has 0 amide bonds. The van der Waals surface area contributed by atoms with Crippen LogP contribution in [0, 0.1) is 6.92 Å². The fraction of sp³-hybridized carbons (Fsp3) is 0.333. The summed E-state index contributed by atoms with van der Waals surface area (Å²) in [5, 5.41) is 0. The van der Waals surface area contributed by atoms with Gasteiger partial charge in [-0.3, -0.25) is 4.18 Å². The molecule has 0 aromatic heterocycles. The summed E-state index contributed by atoms with van der Waals surface area (Å²) < 4.78 is 35.3. The highest BCUT2D eigenvalue weighted by Crippen LogP contribution is 2.28. The molecule has 1 aliphatic rings. The van der Waals surface area contributed by atoms with Crippen LogP contribution in [0.25, 0.3) is 0 Å². The molecule has 0 N–H and O–H groups in total. The van der Waals surface area contributed by atoms with E-state index in [9.17, 15) is 8.42 Å². The fourth-order valence-corrected chi connectivity index (χ4v) is 3.57. The van der Waals surface area contributed by atoms with Crippen molar-refractivity contribution in [1.29, 1.82) is 0 Å². The van der Waals surface area contributed by atoms with Crippen LogP contribution < -0.4 is 4.74 Å². The van der Waals surface area contributed by atoms with E-state index >= 15 is 0 Å². The van der Waals surface area contributed by atoms with Gasteiger partial charge in [0, 0.05) is 6.42 Å². The Bertz CT molecular complexity index is 766. The van der Waals surface area contributed by atoms with Crippen LogP contribution in [0.3, 0.4) is 0 Å². The molecule has 1 aliphatic heterocycles. The van der Waals surface area contributed by atoms with E-state index in [1.165, 1.54) is 5.56 Å². The van der Waals surface area contributed by atoms with Crippen LogP contribution in [-0.4, -0.2) is 21.1 Å². The second-order valence-electron chi connectivity index (χ2n) is 5.76. The Labute approximate surface area is 137 Å². The summed E-state index contributed by atoms with van der Waals surface area (Å²) in [6.07, 6.45) is 2.38. The number of benzene rings is 2. The summed E-state index contributed by atoms with van der Waals surface area (Å²) in [5.74, 6) is 0.894. The van der Waals surface area contributed by atoms with Crippen molar-refractivity contribution in [3.63, 3.8) is 0 Å². The average molecular weight is 332 g/mol. The number of aryl methyl sites for hydroxylation is 2. The van der Waals surface area contributed by atoms with Crippen LogP contribution in [0.5, 0.6) is 5.75 Å². The number of hydrogen-bond acceptors (Lipinski definition) is 4. The van der Waals surface area contributed by atoms with Crippen LogP contribution in [-0.2, 0) is 20.7 Å². The van der Waals surface area contributed by atoms with Crippen molar-refractivity contribution in [2.24, 2.45) is 0 Å². The monoisotopic (exact) mass is 332 g/mol. The number of fused-ring (bicyclic) bond motifs is 1. The minimum Gasteiger partial charge on any atom is -0.490 e. The van der Waals surface area contributed by atoms with Crippen molar-refractivity contribution in [1.82, 2.24) is 0 Å². The van der Waals surface area contributed by atoms with Gasteiger partial charge in [-0.25, -0.2) is 0 Å². The topological polar surface area (TPSA) is 52.6 Å². The maximum atomic E-state index is 12.1. The van der Waals surface area contributed by atoms with Crippen molar-refractivity contribution >= 4 is 10.1 Å². The first-order valence-corrected chi connectivity index (χ1v) is 9.16. The quantitative estimate of drug-likeness (QED) is 0.787. The Hall–Kier alpha value is -1.85. The zero-order valence-electron chi connectivity index (χ0n) is 13.1. The van der Waals surface area contributed by atoms with E-state index in [0.29, 0.717) is 6.42 Å². The van der Waals surface area contributed by atoms with Crippen molar-refractivity contribution in [3.8, 4) is 5.75 Å². The normalized spacial score (nSPS) is 17.3. The first kappa shape index (κ1) is 16.0. The molecule has 0 fully saturated rings. The van der Waals surface area contributed by atoms with Gasteiger partial charge in [0.15, 0.2) is 0 Å². The van der Waals surface area contributed by atoms with E-state index in [-0.39, 0.29) is 17.6 Å². The molecule has 0 saturated carbocycles. The predicted molar refractivity (Wildman–Crippen MR) is 88.1 cm³/mol. The van der Waals surface area contributed by atoms with E-state index in [2.05, 4.69) is 6.07 Å². The Morgan fingerprint density at radius 2 is 1.87 bits per heavy atom. The maximum Gasteiger partial charge on any atom is 0.296 e. The van der Waals surface area contributed by atoms with Gasteiger partial charge in [0.25, 0.3) is 10.1 Å². The largest absolute Gasteiger partial charge is 0.490 e. The third-order valence-electron chi connectivity index (χ3n) is 3.99. The third kappa shape index (κ3) is 3.92. The van der Waals surface area contributed by atoms with Crippen LogP contribution in [0.1, 0.15) is 24.0 Å². The number of para-hydroxylation sites is 1. The molecule has 1 unspecified atom stereocenters. The number of ether oxygens (including phenoxy) is 1. The number of rotatable bonds is 5. The summed E-state index contributed by atoms with van der Waals surface area (Å²) >= 11 is 0. The molecule has 3 rings (SSSR count). The van der Waals surface area contributed by atoms with Gasteiger partial charge in [0.05, 0.1) is 11.5 Å². The Morgan fingerprint density at radius 1 is 1.13 bits per heavy atom. The van der Waals surface area contributed by atoms with Crippen molar-refractivity contribution < 1.29 is 17.3 Å². The van der Waals surface area contributed by atoms with Crippen LogP contribution in [0.2, 0.25) is 0 Å². The molecule has 1 heterocycles. The van der Waals surface area contributed by atoms with Gasteiger partial charge in [-0.15, -0.1) is 0 Å². The van der Waals surface area contributed by atoms with Gasteiger partial charge in [0.2, 0.25) is 0 Å². The van der Waals surface area contributed by atoms with Crippen molar-refractivity contribution in [3.05, 3.63) is 59.7 Å². The molecular weight excluding hydrogens is 312 g/mol. The number of hydrogen-bond donors (Lipinski definition) is 0. The summed E-state index contributed by atoms with van der Waals surface area (Å²) in [4.78, 5) is 0.193. The minimum absolute atomic E-state index is 0.00174. The van der Waals surface area contributed by atoms with Gasteiger partial charge in [-0.2, -0.15) is 8.42 Å². The second-order valence-corrected chi connectivity index (χ2v) is 7.38. The van der Waals surface area contributed by atoms with Gasteiger partial charge < -0.3 is 4.74 Å². The highest BCUT2D eigenvalue weighted by Gasteiger charge is 2.21. The highest BCUT2D eigenvalue weighted by molar-refractivity contribution is 7.86. The smallest absolute Gasteiger partial charge is 0.296 e. The Kier molecular flexibility index (Phi) is 4.68. The van der Waals surface area contributed by atoms with Gasteiger partial charge in [0.1, 0.15) is 11.9 Å². The standard InChI is InChI=1S/C18H20O4S/c1-14-6-10-17(11-7-14)23(19,20)21-13-12-16-9-8-15-4-2-3-5-18(15)22-16/h2-7,10-11,16H,8-9,12-13H2,1H3. The first-order valence-electron chi connectivity index (χ1n) is 7.75. The maximum absolute atomic E-state index is 12.1. The van der Waals surface area contributed by atoms with Crippen LogP contribution in [0.4, 0.5) is 0 Å². The Balaban J connectivity index is 1.55. The molecule has 23 heavy (non-hydrogen) atoms. The summed E-state index contributed by atoms with van der Waals surface area (Å²) in [6.45, 7) is 2.04. The van der Waals surface area contributed by atoms with Gasteiger partial charge >= 0.3 is 0 Å². The lowest BCUT2D eigenvalue weighted by Gasteiger charge is -2.25. The van der Waals surface area contributed by atoms with Gasteiger partial charge in [-0.05, 0) is 43.5 Å². The van der Waals surface area contributed by atoms with E-state index in [0.717, 1.165) is 24.2 Å². The molecular formula is C18H20O4S. The molecule has 0 aliphatic carbocycles. The second kappa shape index (κ2) is 6.72. The third-order valence-corrected chi connectivity index (χ3v) is 5.32. The molecule has 0 saturated heterocycles. The summed E-state index contributed by atoms with van der Waals surface area (Å²) in [5.41, 5.74) is 2.22. The van der Waals surface area contributed by atoms with Crippen LogP contribution >= 0.6 is 0 Å². The molecule has 0 bridgehead atoms. The summed E-state index contributed by atoms with van der Waals surface area (Å²) in [7, 11) is -3.69. The molecule has 2 aromatic rings. The highest BCUT2D eigenvalue weighted by atomic mass is 32.2. The SMILES string of the molecule is Cc1ccc(S(=O)(=O)OCCC2CCc3ccccc3O2)cc1. The van der Waals surface area contributed by atoms with Crippen molar-refractivity contribution in [2.75, 3.05) is 6.61 Å². The van der Waals surface area contributed by atoms with E-state index in [4.69, 9.17) is 8.92 Å². The molecule has 0 spiro atoms. The molecule has 122 valence electrons. The molecule has 4 nitrogen and oxygen atoms in total. The minimum atomic E-state index is -3.69. The lowest BCUT2D eigenvalue weighted by molar-refractivity contribution is 0.141.